The fourth-order valence-corrected chi connectivity index (χ4v) is 3.23. The highest BCUT2D eigenvalue weighted by Crippen LogP contribution is 2.39. The lowest BCUT2D eigenvalue weighted by molar-refractivity contribution is 0.0550. The van der Waals surface area contributed by atoms with Crippen LogP contribution in [0, 0.1) is 5.41 Å². The minimum Gasteiger partial charge on any atom is -0.494 e. The van der Waals surface area contributed by atoms with Gasteiger partial charge < -0.3 is 14.8 Å². The Morgan fingerprint density at radius 1 is 1.29 bits per heavy atom. The van der Waals surface area contributed by atoms with E-state index in [4.69, 9.17) is 9.47 Å². The fourth-order valence-electron chi connectivity index (χ4n) is 3.23. The first-order valence-electron chi connectivity index (χ1n) is 8.31. The van der Waals surface area contributed by atoms with E-state index in [0.717, 1.165) is 38.0 Å². The molecular formula is C18H27NO2. The Morgan fingerprint density at radius 3 is 2.76 bits per heavy atom. The molecule has 1 saturated heterocycles. The van der Waals surface area contributed by atoms with Crippen molar-refractivity contribution in [1.29, 1.82) is 0 Å². The summed E-state index contributed by atoms with van der Waals surface area (Å²) in [6.07, 6.45) is 6.51. The predicted molar refractivity (Wildman–Crippen MR) is 84.7 cm³/mol. The van der Waals surface area contributed by atoms with Crippen molar-refractivity contribution in [2.75, 3.05) is 19.8 Å². The van der Waals surface area contributed by atoms with Gasteiger partial charge in [0.2, 0.25) is 0 Å². The molecular weight excluding hydrogens is 262 g/mol. The van der Waals surface area contributed by atoms with Gasteiger partial charge >= 0.3 is 0 Å². The molecule has 0 amide bonds. The Labute approximate surface area is 128 Å². The summed E-state index contributed by atoms with van der Waals surface area (Å²) >= 11 is 0. The molecule has 21 heavy (non-hydrogen) atoms. The second-order valence-electron chi connectivity index (χ2n) is 6.55. The normalized spacial score (nSPS) is 28.7. The Kier molecular flexibility index (Phi) is 4.81. The molecule has 0 bridgehead atoms. The SMILES string of the molecule is CC1OCCC1(CCCOc1ccccc1)CNC1CC1. The number of nitrogens with one attached hydrogen (secondary N) is 1. The molecule has 1 saturated carbocycles. The largest absolute Gasteiger partial charge is 0.494 e. The molecule has 1 aromatic rings. The highest BCUT2D eigenvalue weighted by Gasteiger charge is 2.41. The molecule has 3 heteroatoms. The average molecular weight is 289 g/mol. The average Bonchev–Trinajstić information content (AvgIpc) is 3.27. The van der Waals surface area contributed by atoms with Gasteiger partial charge in [0.15, 0.2) is 0 Å². The van der Waals surface area contributed by atoms with Crippen molar-refractivity contribution in [3.05, 3.63) is 30.3 Å². The maximum atomic E-state index is 5.86. The first kappa shape index (κ1) is 14.9. The molecule has 1 aromatic carbocycles. The predicted octanol–water partition coefficient (Wildman–Crippen LogP) is 3.39. The summed E-state index contributed by atoms with van der Waals surface area (Å²) in [7, 11) is 0. The van der Waals surface area contributed by atoms with Crippen LogP contribution in [-0.2, 0) is 4.74 Å². The first-order chi connectivity index (χ1) is 10.3. The van der Waals surface area contributed by atoms with Crippen molar-refractivity contribution in [2.45, 2.75) is 51.2 Å². The fraction of sp³-hybridized carbons (Fsp3) is 0.667. The van der Waals surface area contributed by atoms with E-state index in [0.29, 0.717) is 11.5 Å². The van der Waals surface area contributed by atoms with Gasteiger partial charge in [-0.15, -0.1) is 0 Å². The monoisotopic (exact) mass is 289 g/mol. The van der Waals surface area contributed by atoms with E-state index in [1.807, 2.05) is 30.3 Å². The summed E-state index contributed by atoms with van der Waals surface area (Å²) in [5.41, 5.74) is 0.308. The van der Waals surface area contributed by atoms with Crippen molar-refractivity contribution in [1.82, 2.24) is 5.32 Å². The van der Waals surface area contributed by atoms with E-state index < -0.39 is 0 Å². The van der Waals surface area contributed by atoms with Gasteiger partial charge in [0.25, 0.3) is 0 Å². The first-order valence-corrected chi connectivity index (χ1v) is 8.31. The van der Waals surface area contributed by atoms with Crippen molar-refractivity contribution in [3.8, 4) is 5.75 Å². The van der Waals surface area contributed by atoms with E-state index in [-0.39, 0.29) is 0 Å². The zero-order valence-electron chi connectivity index (χ0n) is 13.0. The summed E-state index contributed by atoms with van der Waals surface area (Å²) in [5.74, 6) is 0.971. The Hall–Kier alpha value is -1.06. The van der Waals surface area contributed by atoms with Crippen LogP contribution in [0.2, 0.25) is 0 Å². The summed E-state index contributed by atoms with van der Waals surface area (Å²) in [5, 5.41) is 3.71. The van der Waals surface area contributed by atoms with Gasteiger partial charge in [0.1, 0.15) is 5.75 Å². The Morgan fingerprint density at radius 2 is 2.10 bits per heavy atom. The maximum absolute atomic E-state index is 5.86. The Balaban J connectivity index is 1.45. The summed E-state index contributed by atoms with van der Waals surface area (Å²) < 4.78 is 11.7. The third-order valence-electron chi connectivity index (χ3n) is 4.98. The van der Waals surface area contributed by atoms with E-state index >= 15 is 0 Å². The molecule has 0 spiro atoms. The van der Waals surface area contributed by atoms with Crippen LogP contribution in [0.4, 0.5) is 0 Å². The van der Waals surface area contributed by atoms with Crippen LogP contribution in [0.1, 0.15) is 39.0 Å². The number of para-hydroxylation sites is 1. The number of hydrogen-bond acceptors (Lipinski definition) is 3. The van der Waals surface area contributed by atoms with Crippen molar-refractivity contribution in [2.24, 2.45) is 5.41 Å². The molecule has 2 fully saturated rings. The molecule has 2 unspecified atom stereocenters. The third kappa shape index (κ3) is 3.98. The maximum Gasteiger partial charge on any atom is 0.119 e. The summed E-state index contributed by atoms with van der Waals surface area (Å²) in [6, 6.07) is 10.9. The zero-order chi connectivity index (χ0) is 14.5. The topological polar surface area (TPSA) is 30.5 Å². The van der Waals surface area contributed by atoms with Gasteiger partial charge in [-0.3, -0.25) is 0 Å². The molecule has 3 rings (SSSR count). The van der Waals surface area contributed by atoms with Gasteiger partial charge in [-0.05, 0) is 51.2 Å². The highest BCUT2D eigenvalue weighted by atomic mass is 16.5. The second-order valence-corrected chi connectivity index (χ2v) is 6.55. The van der Waals surface area contributed by atoms with Crippen LogP contribution in [0.5, 0.6) is 5.75 Å². The molecule has 3 nitrogen and oxygen atoms in total. The van der Waals surface area contributed by atoms with Gasteiger partial charge in [-0.2, -0.15) is 0 Å². The summed E-state index contributed by atoms with van der Waals surface area (Å²) in [4.78, 5) is 0. The second kappa shape index (κ2) is 6.80. The molecule has 1 heterocycles. The number of ether oxygens (including phenoxy) is 2. The lowest BCUT2D eigenvalue weighted by Crippen LogP contribution is -2.40. The molecule has 1 N–H and O–H groups in total. The number of hydrogen-bond donors (Lipinski definition) is 1. The third-order valence-corrected chi connectivity index (χ3v) is 4.98. The van der Waals surface area contributed by atoms with Crippen LogP contribution < -0.4 is 10.1 Å². The van der Waals surface area contributed by atoms with Crippen molar-refractivity contribution >= 4 is 0 Å². The van der Waals surface area contributed by atoms with Crippen LogP contribution in [0.15, 0.2) is 30.3 Å². The molecule has 116 valence electrons. The Bertz CT molecular complexity index is 432. The minimum absolute atomic E-state index is 0.308. The molecule has 2 atom stereocenters. The van der Waals surface area contributed by atoms with Crippen molar-refractivity contribution in [3.63, 3.8) is 0 Å². The van der Waals surface area contributed by atoms with Gasteiger partial charge in [0.05, 0.1) is 12.7 Å². The van der Waals surface area contributed by atoms with Gasteiger partial charge in [-0.1, -0.05) is 18.2 Å². The standard InChI is InChI=1S/C18H27NO2/c1-15-18(11-13-20-15,14-19-16-8-9-16)10-5-12-21-17-6-3-2-4-7-17/h2-4,6-7,15-16,19H,5,8-14H2,1H3. The summed E-state index contributed by atoms with van der Waals surface area (Å²) in [6.45, 7) is 5.04. The lowest BCUT2D eigenvalue weighted by Gasteiger charge is -2.32. The van der Waals surface area contributed by atoms with E-state index in [1.165, 1.54) is 25.7 Å². The molecule has 0 radical (unpaired) electrons. The highest BCUT2D eigenvalue weighted by molar-refractivity contribution is 5.20. The number of rotatable bonds is 8. The molecule has 1 aliphatic carbocycles. The number of benzene rings is 1. The quantitative estimate of drug-likeness (QED) is 0.744. The van der Waals surface area contributed by atoms with Crippen molar-refractivity contribution < 1.29 is 9.47 Å². The van der Waals surface area contributed by atoms with Crippen LogP contribution in [0.25, 0.3) is 0 Å². The van der Waals surface area contributed by atoms with E-state index in [2.05, 4.69) is 12.2 Å². The van der Waals surface area contributed by atoms with Crippen LogP contribution >= 0.6 is 0 Å². The zero-order valence-corrected chi connectivity index (χ0v) is 13.0. The minimum atomic E-state index is 0.308. The smallest absolute Gasteiger partial charge is 0.119 e. The molecule has 1 aliphatic heterocycles. The van der Waals surface area contributed by atoms with E-state index in [1.54, 1.807) is 0 Å². The van der Waals surface area contributed by atoms with E-state index in [9.17, 15) is 0 Å². The molecule has 0 aromatic heterocycles. The lowest BCUT2D eigenvalue weighted by atomic mass is 9.77. The van der Waals surface area contributed by atoms with Crippen LogP contribution in [-0.4, -0.2) is 31.9 Å². The van der Waals surface area contributed by atoms with Gasteiger partial charge in [-0.25, -0.2) is 0 Å². The molecule has 2 aliphatic rings. The van der Waals surface area contributed by atoms with Gasteiger partial charge in [0, 0.05) is 24.6 Å². The van der Waals surface area contributed by atoms with Crippen LogP contribution in [0.3, 0.4) is 0 Å².